The topological polar surface area (TPSA) is 11.4 Å². The molecule has 6 aliphatic rings. The number of rotatable bonds is 8. The summed E-state index contributed by atoms with van der Waals surface area (Å²) in [4.78, 5) is 5.43. The van der Waals surface area contributed by atoms with Crippen LogP contribution in [-0.4, -0.2) is 11.3 Å². The van der Waals surface area contributed by atoms with Crippen LogP contribution in [0.15, 0.2) is 413 Å². The molecule has 2 spiro atoms. The average Bonchev–Trinajstić information content (AvgIpc) is 1.46. The van der Waals surface area contributed by atoms with Crippen molar-refractivity contribution >= 4 is 79.0 Å². The summed E-state index contributed by atoms with van der Waals surface area (Å²) in [5.74, 6) is 0. The Morgan fingerprint density at radius 3 is 0.886 bits per heavy atom. The molecule has 0 atom stereocenters. The number of hydrogen-bond acceptors (Lipinski definition) is 2. The van der Waals surface area contributed by atoms with E-state index in [0.29, 0.717) is 0 Å². The third-order valence-corrected chi connectivity index (χ3v) is 26.1. The first-order chi connectivity index (χ1) is 56.5. The van der Waals surface area contributed by atoms with Gasteiger partial charge in [0.1, 0.15) is 0 Å². The molecule has 0 bridgehead atoms. The SMILES string of the molecule is c1ccc(-c2cc(-c3ccccc3)cc(N3c4cc5c(cc4B4c6cc7c(cc6N(c6cc(-c8ccccc8)cc(-c8ccccc8)c6)c6cc(-c8ccc9c(c8)c8ccccc8n9-c8ccccc8)cc3c64)-c3ccccc3C73c4ccccc4-c4ccccc43)C3(c4ccccc4-c4ccccc43)c3ccccc3-5)c2)cc1. The quantitative estimate of drug-likeness (QED) is 0.141. The van der Waals surface area contributed by atoms with Crippen molar-refractivity contribution in [3.05, 3.63) is 457 Å². The van der Waals surface area contributed by atoms with Crippen molar-refractivity contribution in [1.29, 1.82) is 0 Å². The van der Waals surface area contributed by atoms with Crippen LogP contribution in [0.25, 0.3) is 128 Å². The molecule has 0 fully saturated rings. The van der Waals surface area contributed by atoms with Crippen molar-refractivity contribution in [3.63, 3.8) is 0 Å². The highest BCUT2D eigenvalue weighted by Gasteiger charge is 2.56. The zero-order chi connectivity index (χ0) is 74.5. The second kappa shape index (κ2) is 24.0. The molecule has 0 radical (unpaired) electrons. The fourth-order valence-electron chi connectivity index (χ4n) is 21.6. The van der Waals surface area contributed by atoms with E-state index in [4.69, 9.17) is 0 Å². The highest BCUT2D eigenvalue weighted by molar-refractivity contribution is 7.00. The fraction of sp³-hybridized carbons (Fsp3) is 0.0182. The molecule has 526 valence electrons. The van der Waals surface area contributed by atoms with Crippen LogP contribution in [0.1, 0.15) is 44.5 Å². The van der Waals surface area contributed by atoms with Crippen molar-refractivity contribution in [2.75, 3.05) is 9.80 Å². The third-order valence-electron chi connectivity index (χ3n) is 26.1. The first kappa shape index (κ1) is 63.2. The Hall–Kier alpha value is -14.6. The Kier molecular flexibility index (Phi) is 13.3. The summed E-state index contributed by atoms with van der Waals surface area (Å²) < 4.78 is 2.44. The second-order valence-electron chi connectivity index (χ2n) is 31.6. The number of anilines is 6. The molecule has 0 amide bonds. The van der Waals surface area contributed by atoms with Crippen LogP contribution in [-0.2, 0) is 10.8 Å². The van der Waals surface area contributed by atoms with Gasteiger partial charge in [-0.3, -0.25) is 0 Å². The van der Waals surface area contributed by atoms with Crippen LogP contribution in [0.5, 0.6) is 0 Å². The van der Waals surface area contributed by atoms with Crippen molar-refractivity contribution in [2.45, 2.75) is 10.8 Å². The van der Waals surface area contributed by atoms with Crippen LogP contribution < -0.4 is 26.2 Å². The molecule has 2 aliphatic heterocycles. The lowest BCUT2D eigenvalue weighted by Gasteiger charge is -2.45. The standard InChI is InChI=1S/C110H68BN3/c1-6-30-69(31-7-1)74-56-75(70-32-8-2-9-33-70)59-80(58-74)113-104-65-89-86-44-20-27-51-96(86)109(92-47-23-16-40-82(92)83-41-17-24-48-93(83)109)98(89)67-100(104)111-101-68-99-90(87-45-21-28-52-97(87)110(99)94-49-25-18-42-84(94)85-43-19-26-50-95(85)110)66-105(101)114(81-60-76(71-34-10-3-11-35-71)57-77(61-81)72-36-12-4-13-37-72)107-64-78(63-106(113)108(107)111)73-54-55-103-91(62-73)88-46-22-29-53-102(88)112(103)79-38-14-5-15-39-79/h1-68H. The molecule has 4 heteroatoms. The van der Waals surface area contributed by atoms with Gasteiger partial charge in [-0.25, -0.2) is 0 Å². The first-order valence-corrected chi connectivity index (χ1v) is 39.9. The van der Waals surface area contributed by atoms with Crippen LogP contribution in [0, 0.1) is 0 Å². The number of nitrogens with zero attached hydrogens (tertiary/aromatic N) is 3. The normalized spacial score (nSPS) is 13.9. The lowest BCUT2D eigenvalue weighted by Crippen LogP contribution is -2.61. The molecule has 3 nitrogen and oxygen atoms in total. The minimum Gasteiger partial charge on any atom is -0.311 e. The maximum atomic E-state index is 2.73. The number of hydrogen-bond donors (Lipinski definition) is 0. The predicted octanol–water partition coefficient (Wildman–Crippen LogP) is 25.9. The monoisotopic (exact) mass is 1440 g/mol. The van der Waals surface area contributed by atoms with Crippen LogP contribution in [0.2, 0.25) is 0 Å². The van der Waals surface area contributed by atoms with E-state index in [-0.39, 0.29) is 6.71 Å². The van der Waals surface area contributed by atoms with Gasteiger partial charge >= 0.3 is 0 Å². The number of fused-ring (bicyclic) bond motifs is 27. The van der Waals surface area contributed by atoms with Gasteiger partial charge in [0, 0.05) is 50.6 Å². The summed E-state index contributed by atoms with van der Waals surface area (Å²) in [5, 5.41) is 2.41. The zero-order valence-electron chi connectivity index (χ0n) is 62.2. The molecule has 0 saturated carbocycles. The molecule has 19 aromatic rings. The van der Waals surface area contributed by atoms with Gasteiger partial charge in [-0.15, -0.1) is 0 Å². The minimum absolute atomic E-state index is 0.333. The molecule has 0 unspecified atom stereocenters. The molecule has 114 heavy (non-hydrogen) atoms. The Bertz CT molecular complexity index is 6740. The number of aromatic nitrogens is 1. The molecule has 18 aromatic carbocycles. The van der Waals surface area contributed by atoms with Crippen molar-refractivity contribution < 1.29 is 0 Å². The molecule has 0 saturated heterocycles. The van der Waals surface area contributed by atoms with E-state index in [1.807, 2.05) is 0 Å². The maximum Gasteiger partial charge on any atom is 0.252 e. The van der Waals surface area contributed by atoms with Crippen LogP contribution in [0.4, 0.5) is 34.1 Å². The summed E-state index contributed by atoms with van der Waals surface area (Å²) in [6.07, 6.45) is 0. The van der Waals surface area contributed by atoms with E-state index in [1.165, 1.54) is 122 Å². The van der Waals surface area contributed by atoms with Crippen molar-refractivity contribution in [2.24, 2.45) is 0 Å². The van der Waals surface area contributed by atoms with Gasteiger partial charge in [0.25, 0.3) is 6.71 Å². The van der Waals surface area contributed by atoms with Crippen LogP contribution >= 0.6 is 0 Å². The molecular formula is C110H68BN3. The van der Waals surface area contributed by atoms with Gasteiger partial charge in [0.15, 0.2) is 0 Å². The van der Waals surface area contributed by atoms with Crippen LogP contribution in [0.3, 0.4) is 0 Å². The average molecular weight is 1440 g/mol. The smallest absolute Gasteiger partial charge is 0.252 e. The van der Waals surface area contributed by atoms with E-state index in [1.54, 1.807) is 0 Å². The van der Waals surface area contributed by atoms with E-state index >= 15 is 0 Å². The van der Waals surface area contributed by atoms with Gasteiger partial charge in [-0.2, -0.15) is 0 Å². The van der Waals surface area contributed by atoms with Crippen molar-refractivity contribution in [3.8, 4) is 106 Å². The summed E-state index contributed by atoms with van der Waals surface area (Å²) in [5.41, 5.74) is 44.7. The summed E-state index contributed by atoms with van der Waals surface area (Å²) >= 11 is 0. The molecular weight excluding hydrogens is 1370 g/mol. The minimum atomic E-state index is -0.641. The van der Waals surface area contributed by atoms with E-state index < -0.39 is 10.8 Å². The van der Waals surface area contributed by atoms with Gasteiger partial charge in [-0.1, -0.05) is 322 Å². The predicted molar refractivity (Wildman–Crippen MR) is 475 cm³/mol. The Morgan fingerprint density at radius 2 is 0.500 bits per heavy atom. The highest BCUT2D eigenvalue weighted by Crippen LogP contribution is 2.66. The number of para-hydroxylation sites is 2. The molecule has 4 aliphatic carbocycles. The number of benzene rings is 18. The first-order valence-electron chi connectivity index (χ1n) is 39.9. The van der Waals surface area contributed by atoms with E-state index in [0.717, 1.165) is 101 Å². The zero-order valence-corrected chi connectivity index (χ0v) is 62.2. The second-order valence-corrected chi connectivity index (χ2v) is 31.6. The molecule has 3 heterocycles. The van der Waals surface area contributed by atoms with E-state index in [9.17, 15) is 0 Å². The summed E-state index contributed by atoms with van der Waals surface area (Å²) in [7, 11) is 0. The summed E-state index contributed by atoms with van der Waals surface area (Å²) in [6.45, 7) is -0.333. The van der Waals surface area contributed by atoms with Gasteiger partial charge in [0.05, 0.1) is 21.9 Å². The van der Waals surface area contributed by atoms with E-state index in [2.05, 4.69) is 427 Å². The molecule has 0 N–H and O–H groups in total. The summed E-state index contributed by atoms with van der Waals surface area (Å²) in [6, 6.07) is 158. The molecule has 25 rings (SSSR count). The Morgan fingerprint density at radius 1 is 0.184 bits per heavy atom. The van der Waals surface area contributed by atoms with Gasteiger partial charge in [-0.05, 0) is 252 Å². The highest BCUT2D eigenvalue weighted by atomic mass is 15.2. The maximum absolute atomic E-state index is 2.73. The molecule has 1 aromatic heterocycles. The third kappa shape index (κ3) is 8.66. The Balaban J connectivity index is 0.866. The largest absolute Gasteiger partial charge is 0.311 e. The fourth-order valence-corrected chi connectivity index (χ4v) is 21.6. The van der Waals surface area contributed by atoms with Gasteiger partial charge in [0.2, 0.25) is 0 Å². The van der Waals surface area contributed by atoms with Crippen molar-refractivity contribution in [1.82, 2.24) is 4.57 Å². The lowest BCUT2D eigenvalue weighted by molar-refractivity contribution is 0.794. The Labute approximate surface area is 662 Å². The van der Waals surface area contributed by atoms with Gasteiger partial charge < -0.3 is 14.4 Å². The lowest BCUT2D eigenvalue weighted by atomic mass is 9.33.